The minimum Gasteiger partial charge on any atom is -0.398 e. The van der Waals surface area contributed by atoms with Crippen LogP contribution in [-0.4, -0.2) is 6.03 Å². The van der Waals surface area contributed by atoms with Crippen LogP contribution in [0.3, 0.4) is 0 Å². The van der Waals surface area contributed by atoms with Gasteiger partial charge in [-0.3, -0.25) is 0 Å². The minimum atomic E-state index is -0.842. The lowest BCUT2D eigenvalue weighted by atomic mass is 10.1. The lowest BCUT2D eigenvalue weighted by Gasteiger charge is -2.12. The lowest BCUT2D eigenvalue weighted by molar-refractivity contribution is 0.262. The van der Waals surface area contributed by atoms with Crippen molar-refractivity contribution in [2.75, 3.05) is 16.4 Å². The van der Waals surface area contributed by atoms with Crippen molar-refractivity contribution in [1.82, 2.24) is 0 Å². The fraction of sp³-hybridized carbons (Fsp3) is 0.133. The largest absolute Gasteiger partial charge is 0.398 e. The number of hydrogen-bond donors (Lipinski definition) is 3. The molecule has 0 saturated carbocycles. The van der Waals surface area contributed by atoms with E-state index in [1.165, 1.54) is 0 Å². The van der Waals surface area contributed by atoms with Crippen LogP contribution in [0.15, 0.2) is 30.3 Å². The van der Waals surface area contributed by atoms with Gasteiger partial charge in [0, 0.05) is 17.4 Å². The number of benzene rings is 2. The number of urea groups is 1. The van der Waals surface area contributed by atoms with Crippen molar-refractivity contribution in [3.63, 3.8) is 0 Å². The van der Waals surface area contributed by atoms with Gasteiger partial charge in [-0.25, -0.2) is 13.6 Å². The lowest BCUT2D eigenvalue weighted by Crippen LogP contribution is -2.21. The molecule has 110 valence electrons. The van der Waals surface area contributed by atoms with Gasteiger partial charge >= 0.3 is 6.03 Å². The number of rotatable bonds is 2. The summed E-state index contributed by atoms with van der Waals surface area (Å²) in [5, 5.41) is 4.89. The molecule has 2 aromatic rings. The zero-order chi connectivity index (χ0) is 15.6. The molecule has 0 spiro atoms. The number of anilines is 3. The molecule has 6 heteroatoms. The van der Waals surface area contributed by atoms with Crippen LogP contribution >= 0.6 is 0 Å². The van der Waals surface area contributed by atoms with E-state index in [-0.39, 0.29) is 5.69 Å². The molecule has 4 N–H and O–H groups in total. The third-order valence-electron chi connectivity index (χ3n) is 3.04. The zero-order valence-corrected chi connectivity index (χ0v) is 11.6. The zero-order valence-electron chi connectivity index (χ0n) is 11.6. The van der Waals surface area contributed by atoms with Gasteiger partial charge in [0.15, 0.2) is 0 Å². The van der Waals surface area contributed by atoms with Gasteiger partial charge in [-0.1, -0.05) is 6.07 Å². The first kappa shape index (κ1) is 14.8. The normalized spacial score (nSPS) is 10.3. The fourth-order valence-electron chi connectivity index (χ4n) is 1.87. The van der Waals surface area contributed by atoms with E-state index < -0.39 is 17.7 Å². The number of nitrogens with two attached hydrogens (primary N) is 1. The maximum Gasteiger partial charge on any atom is 0.323 e. The van der Waals surface area contributed by atoms with E-state index in [0.29, 0.717) is 17.4 Å². The van der Waals surface area contributed by atoms with Gasteiger partial charge in [-0.15, -0.1) is 0 Å². The average molecular weight is 291 g/mol. The summed E-state index contributed by atoms with van der Waals surface area (Å²) in [6, 6.07) is 5.75. The third-order valence-corrected chi connectivity index (χ3v) is 3.04. The van der Waals surface area contributed by atoms with Gasteiger partial charge in [-0.05, 0) is 43.2 Å². The fourth-order valence-corrected chi connectivity index (χ4v) is 1.87. The second-order valence-electron chi connectivity index (χ2n) is 4.73. The molecule has 2 aromatic carbocycles. The molecule has 0 radical (unpaired) electrons. The molecule has 0 heterocycles. The summed E-state index contributed by atoms with van der Waals surface area (Å²) >= 11 is 0. The highest BCUT2D eigenvalue weighted by Gasteiger charge is 2.10. The molecule has 0 bridgehead atoms. The summed E-state index contributed by atoms with van der Waals surface area (Å²) in [5.74, 6) is -1.55. The van der Waals surface area contributed by atoms with Gasteiger partial charge in [0.2, 0.25) is 0 Å². The quantitative estimate of drug-likeness (QED) is 0.736. The molecule has 0 aliphatic carbocycles. The molecule has 2 amide bonds. The Balaban J connectivity index is 2.13. The maximum atomic E-state index is 13.4. The highest BCUT2D eigenvalue weighted by molar-refractivity contribution is 6.00. The Bertz CT molecular complexity index is 702. The van der Waals surface area contributed by atoms with Crippen molar-refractivity contribution in [2.24, 2.45) is 0 Å². The minimum absolute atomic E-state index is 0.105. The molecule has 21 heavy (non-hydrogen) atoms. The summed E-state index contributed by atoms with van der Waals surface area (Å²) in [6.07, 6.45) is 0. The number of nitrogen functional groups attached to an aromatic ring is 1. The van der Waals surface area contributed by atoms with Gasteiger partial charge in [0.25, 0.3) is 0 Å². The maximum absolute atomic E-state index is 13.4. The summed E-state index contributed by atoms with van der Waals surface area (Å²) in [5.41, 5.74) is 8.49. The summed E-state index contributed by atoms with van der Waals surface area (Å²) in [6.45, 7) is 3.68. The van der Waals surface area contributed by atoms with Gasteiger partial charge in [0.05, 0.1) is 5.69 Å². The van der Waals surface area contributed by atoms with Crippen LogP contribution in [0.2, 0.25) is 0 Å². The third kappa shape index (κ3) is 3.47. The second kappa shape index (κ2) is 5.78. The Morgan fingerprint density at radius 3 is 2.33 bits per heavy atom. The van der Waals surface area contributed by atoms with E-state index in [2.05, 4.69) is 10.6 Å². The second-order valence-corrected chi connectivity index (χ2v) is 4.73. The molecule has 0 unspecified atom stereocenters. The first-order chi connectivity index (χ1) is 9.86. The van der Waals surface area contributed by atoms with E-state index in [0.717, 1.165) is 23.3 Å². The van der Waals surface area contributed by atoms with Crippen molar-refractivity contribution in [3.05, 3.63) is 53.1 Å². The predicted octanol–water partition coefficient (Wildman–Crippen LogP) is 3.81. The van der Waals surface area contributed by atoms with Crippen molar-refractivity contribution >= 4 is 23.1 Å². The van der Waals surface area contributed by atoms with Crippen molar-refractivity contribution < 1.29 is 13.6 Å². The molecule has 0 saturated heterocycles. The molecule has 0 fully saturated rings. The number of hydrogen-bond acceptors (Lipinski definition) is 2. The molecule has 0 aliphatic rings. The Labute approximate surface area is 121 Å². The number of nitrogens with one attached hydrogen (secondary N) is 2. The standard InChI is InChI=1S/C15H15F2N3O/c1-8-5-9(2)14(7-12(8)18)20-15(21)19-13-4-3-10(16)6-11(13)17/h3-7H,18H2,1-2H3,(H2,19,20,21). The van der Waals surface area contributed by atoms with Crippen LogP contribution in [0.25, 0.3) is 0 Å². The van der Waals surface area contributed by atoms with Crippen molar-refractivity contribution in [2.45, 2.75) is 13.8 Å². The van der Waals surface area contributed by atoms with Crippen molar-refractivity contribution in [1.29, 1.82) is 0 Å². The Morgan fingerprint density at radius 1 is 1.00 bits per heavy atom. The molecular weight excluding hydrogens is 276 g/mol. The van der Waals surface area contributed by atoms with E-state index in [1.54, 1.807) is 6.07 Å². The van der Waals surface area contributed by atoms with Crippen LogP contribution < -0.4 is 16.4 Å². The highest BCUT2D eigenvalue weighted by atomic mass is 19.1. The topological polar surface area (TPSA) is 67.2 Å². The van der Waals surface area contributed by atoms with Crippen LogP contribution in [0.1, 0.15) is 11.1 Å². The summed E-state index contributed by atoms with van der Waals surface area (Å²) in [4.78, 5) is 11.8. The van der Waals surface area contributed by atoms with E-state index in [1.807, 2.05) is 19.9 Å². The Morgan fingerprint density at radius 2 is 1.67 bits per heavy atom. The van der Waals surface area contributed by atoms with Crippen LogP contribution in [0, 0.1) is 25.5 Å². The number of halogens is 2. The molecule has 4 nitrogen and oxygen atoms in total. The number of carbonyl (C=O) groups excluding carboxylic acids is 1. The molecule has 0 atom stereocenters. The number of carbonyl (C=O) groups is 1. The summed E-state index contributed by atoms with van der Waals surface area (Å²) in [7, 11) is 0. The van der Waals surface area contributed by atoms with E-state index >= 15 is 0 Å². The van der Waals surface area contributed by atoms with Crippen LogP contribution in [0.5, 0.6) is 0 Å². The highest BCUT2D eigenvalue weighted by Crippen LogP contribution is 2.22. The van der Waals surface area contributed by atoms with Crippen molar-refractivity contribution in [3.8, 4) is 0 Å². The first-order valence-corrected chi connectivity index (χ1v) is 6.26. The molecule has 2 rings (SSSR count). The molecular formula is C15H15F2N3O. The van der Waals surface area contributed by atoms with Crippen LogP contribution in [-0.2, 0) is 0 Å². The monoisotopic (exact) mass is 291 g/mol. The van der Waals surface area contributed by atoms with Crippen LogP contribution in [0.4, 0.5) is 30.6 Å². The SMILES string of the molecule is Cc1cc(C)c(NC(=O)Nc2ccc(F)cc2F)cc1N. The summed E-state index contributed by atoms with van der Waals surface area (Å²) < 4.78 is 26.2. The number of aryl methyl sites for hydroxylation is 2. The smallest absolute Gasteiger partial charge is 0.323 e. The van der Waals surface area contributed by atoms with Gasteiger partial charge in [-0.2, -0.15) is 0 Å². The van der Waals surface area contributed by atoms with E-state index in [9.17, 15) is 13.6 Å². The Hall–Kier alpha value is -2.63. The molecule has 0 aromatic heterocycles. The predicted molar refractivity (Wildman–Crippen MR) is 79.3 cm³/mol. The molecule has 0 aliphatic heterocycles. The number of amides is 2. The van der Waals surface area contributed by atoms with E-state index in [4.69, 9.17) is 5.73 Å². The first-order valence-electron chi connectivity index (χ1n) is 6.26. The van der Waals surface area contributed by atoms with Gasteiger partial charge < -0.3 is 16.4 Å². The van der Waals surface area contributed by atoms with Gasteiger partial charge in [0.1, 0.15) is 11.6 Å². The average Bonchev–Trinajstić information content (AvgIpc) is 2.39. The Kier molecular flexibility index (Phi) is 4.07.